The minimum atomic E-state index is -0.114. The number of fused-ring (bicyclic) bond motifs is 8. The predicted molar refractivity (Wildman–Crippen MR) is 195 cm³/mol. The summed E-state index contributed by atoms with van der Waals surface area (Å²) in [4.78, 5) is 0. The Labute approximate surface area is 279 Å². The van der Waals surface area contributed by atoms with Crippen molar-refractivity contribution in [1.82, 2.24) is 4.57 Å². The third-order valence-electron chi connectivity index (χ3n) is 10.8. The van der Waals surface area contributed by atoms with Crippen molar-refractivity contribution in [1.29, 1.82) is 0 Å². The van der Waals surface area contributed by atoms with Gasteiger partial charge >= 0.3 is 0 Å². The zero-order chi connectivity index (χ0) is 31.7. The zero-order valence-corrected chi connectivity index (χ0v) is 27.8. The smallest absolute Gasteiger partial charge is 0.225 e. The number of benzene rings is 5. The number of thiophene rings is 1. The van der Waals surface area contributed by atoms with Crippen molar-refractivity contribution in [3.05, 3.63) is 151 Å². The maximum absolute atomic E-state index is 2.60. The van der Waals surface area contributed by atoms with E-state index in [1.165, 1.54) is 70.7 Å². The maximum atomic E-state index is 2.60. The molecule has 1 atom stereocenters. The van der Waals surface area contributed by atoms with Crippen molar-refractivity contribution in [3.63, 3.8) is 0 Å². The third kappa shape index (κ3) is 3.91. The third-order valence-corrected chi connectivity index (χ3v) is 12.0. The summed E-state index contributed by atoms with van der Waals surface area (Å²) in [6.45, 7) is 4.79. The molecule has 0 bridgehead atoms. The second kappa shape index (κ2) is 10.8. The van der Waals surface area contributed by atoms with Gasteiger partial charge in [-0.05, 0) is 60.9 Å². The van der Waals surface area contributed by atoms with E-state index in [2.05, 4.69) is 174 Å². The molecule has 47 heavy (non-hydrogen) atoms. The van der Waals surface area contributed by atoms with Crippen LogP contribution in [0.1, 0.15) is 43.9 Å². The molecule has 1 aliphatic heterocycles. The van der Waals surface area contributed by atoms with E-state index in [0.717, 1.165) is 12.8 Å². The molecule has 8 aromatic rings. The van der Waals surface area contributed by atoms with Crippen molar-refractivity contribution in [2.45, 2.75) is 38.1 Å². The number of imidazole rings is 1. The highest BCUT2D eigenvalue weighted by atomic mass is 32.1. The maximum Gasteiger partial charge on any atom is 0.295 e. The van der Waals surface area contributed by atoms with Gasteiger partial charge in [0.25, 0.3) is 5.82 Å². The summed E-state index contributed by atoms with van der Waals surface area (Å²) >= 11 is 1.94. The van der Waals surface area contributed by atoms with Crippen LogP contribution in [0.2, 0.25) is 0 Å². The van der Waals surface area contributed by atoms with E-state index in [1.54, 1.807) is 0 Å². The van der Waals surface area contributed by atoms with Gasteiger partial charge in [-0.2, -0.15) is 9.13 Å². The number of rotatable bonds is 5. The van der Waals surface area contributed by atoms with E-state index in [-0.39, 0.29) is 11.5 Å². The fourth-order valence-electron chi connectivity index (χ4n) is 8.62. The highest BCUT2D eigenvalue weighted by Gasteiger charge is 2.53. The lowest BCUT2D eigenvalue weighted by Crippen LogP contribution is -2.56. The number of para-hydroxylation sites is 3. The summed E-state index contributed by atoms with van der Waals surface area (Å²) < 4.78 is 10.2. The Morgan fingerprint density at radius 3 is 2.28 bits per heavy atom. The van der Waals surface area contributed by atoms with Gasteiger partial charge in [0.2, 0.25) is 5.69 Å². The molecule has 1 unspecified atom stereocenters. The highest BCUT2D eigenvalue weighted by Crippen LogP contribution is 2.54. The fourth-order valence-corrected chi connectivity index (χ4v) is 9.88. The van der Waals surface area contributed by atoms with Crippen molar-refractivity contribution < 1.29 is 9.13 Å². The molecule has 0 saturated carbocycles. The topological polar surface area (TPSA) is 12.7 Å². The van der Waals surface area contributed by atoms with Gasteiger partial charge in [-0.15, -0.1) is 11.3 Å². The van der Waals surface area contributed by atoms with Gasteiger partial charge in [-0.1, -0.05) is 92.7 Å². The van der Waals surface area contributed by atoms with Crippen LogP contribution in [0, 0.1) is 0 Å². The first-order chi connectivity index (χ1) is 23.2. The Morgan fingerprint density at radius 1 is 0.702 bits per heavy atom. The fraction of sp³-hybridized carbons (Fsp3) is 0.163. The van der Waals surface area contributed by atoms with E-state index < -0.39 is 0 Å². The van der Waals surface area contributed by atoms with E-state index in [1.807, 2.05) is 11.3 Å². The minimum absolute atomic E-state index is 0.103. The number of nitrogens with zero attached hydrogens (tertiary/aromatic N) is 3. The largest absolute Gasteiger partial charge is 0.295 e. The van der Waals surface area contributed by atoms with Crippen LogP contribution in [0.25, 0.3) is 59.5 Å². The average molecular weight is 628 g/mol. The van der Waals surface area contributed by atoms with Gasteiger partial charge in [0.05, 0.1) is 23.6 Å². The van der Waals surface area contributed by atoms with Crippen LogP contribution in [0.15, 0.2) is 140 Å². The number of aryl methyl sites for hydroxylation is 1. The summed E-state index contributed by atoms with van der Waals surface area (Å²) in [5.41, 5.74) is 10.3. The first-order valence-electron chi connectivity index (χ1n) is 16.8. The Balaban J connectivity index is 1.37. The van der Waals surface area contributed by atoms with E-state index in [0.29, 0.717) is 0 Å². The first kappa shape index (κ1) is 28.2. The Kier molecular flexibility index (Phi) is 6.45. The molecule has 0 radical (unpaired) electrons. The second-order valence-corrected chi connectivity index (χ2v) is 13.9. The highest BCUT2D eigenvalue weighted by molar-refractivity contribution is 7.26. The summed E-state index contributed by atoms with van der Waals surface area (Å²) in [7, 11) is 2.22. The van der Waals surface area contributed by atoms with E-state index in [9.17, 15) is 0 Å². The molecule has 0 N–H and O–H groups in total. The molecule has 9 rings (SSSR count). The second-order valence-electron chi connectivity index (χ2n) is 12.9. The predicted octanol–water partition coefficient (Wildman–Crippen LogP) is 10.1. The number of hydrogen-bond acceptors (Lipinski definition) is 1. The van der Waals surface area contributed by atoms with Crippen LogP contribution in [-0.2, 0) is 12.5 Å². The summed E-state index contributed by atoms with van der Waals surface area (Å²) in [6.07, 6.45) is 4.39. The number of aromatic nitrogens is 3. The van der Waals surface area contributed by atoms with Crippen molar-refractivity contribution >= 4 is 42.5 Å². The lowest BCUT2D eigenvalue weighted by Gasteiger charge is -2.41. The van der Waals surface area contributed by atoms with E-state index >= 15 is 0 Å². The SMILES string of the molecule is CCC1(CC)c2ccc3c(sc4ccccc43)c2-c2cccc[n+]2C1c1ccccc1-c1n(-c2ccccc2)c2ccccc2[n+]1C. The molecule has 228 valence electrons. The molecule has 0 fully saturated rings. The first-order valence-corrected chi connectivity index (χ1v) is 17.6. The van der Waals surface area contributed by atoms with Crippen LogP contribution < -0.4 is 9.13 Å². The molecule has 3 aromatic heterocycles. The van der Waals surface area contributed by atoms with Crippen molar-refractivity contribution in [3.8, 4) is 28.3 Å². The van der Waals surface area contributed by atoms with Gasteiger partial charge in [0.15, 0.2) is 23.3 Å². The van der Waals surface area contributed by atoms with Crippen molar-refractivity contribution in [2.75, 3.05) is 0 Å². The van der Waals surface area contributed by atoms with Crippen LogP contribution >= 0.6 is 11.3 Å². The summed E-state index contributed by atoms with van der Waals surface area (Å²) in [6, 6.07) is 49.4. The molecule has 4 heteroatoms. The Morgan fingerprint density at radius 2 is 1.43 bits per heavy atom. The number of hydrogen-bond donors (Lipinski definition) is 0. The molecule has 0 aliphatic carbocycles. The molecule has 4 heterocycles. The van der Waals surface area contributed by atoms with Crippen LogP contribution in [0.4, 0.5) is 0 Å². The molecular weight excluding hydrogens is 591 g/mol. The molecule has 0 saturated heterocycles. The quantitative estimate of drug-likeness (QED) is 0.169. The minimum Gasteiger partial charge on any atom is -0.225 e. The van der Waals surface area contributed by atoms with E-state index in [4.69, 9.17) is 0 Å². The lowest BCUT2D eigenvalue weighted by molar-refractivity contribution is -0.715. The van der Waals surface area contributed by atoms with Gasteiger partial charge in [0, 0.05) is 37.9 Å². The van der Waals surface area contributed by atoms with Gasteiger partial charge < -0.3 is 0 Å². The molecule has 0 amide bonds. The monoisotopic (exact) mass is 627 g/mol. The van der Waals surface area contributed by atoms with Crippen molar-refractivity contribution in [2.24, 2.45) is 7.05 Å². The summed E-state index contributed by atoms with van der Waals surface area (Å²) in [5, 5.41) is 2.71. The Bertz CT molecular complexity index is 2460. The van der Waals surface area contributed by atoms with Crippen LogP contribution in [0.3, 0.4) is 0 Å². The molecule has 0 spiro atoms. The van der Waals surface area contributed by atoms with Crippen LogP contribution in [-0.4, -0.2) is 4.57 Å². The summed E-state index contributed by atoms with van der Waals surface area (Å²) in [5.74, 6) is 1.19. The lowest BCUT2D eigenvalue weighted by atomic mass is 9.63. The normalized spacial score (nSPS) is 15.3. The Hall–Kier alpha value is -5.06. The average Bonchev–Trinajstić information content (AvgIpc) is 3.66. The molecule has 5 aromatic carbocycles. The molecule has 1 aliphatic rings. The number of pyridine rings is 1. The standard InChI is InChI=1S/C43H37N3S/c1-4-43(5-2)34-27-26-31-30-19-11-14-25-38(30)47-40(31)39(34)37-24-15-16-28-45(37)41(43)32-20-9-10-21-33(32)42-44(3)35-22-12-13-23-36(35)46(42)29-17-7-6-8-18-29/h6-28,41H,4-5H2,1-3H3/q+2. The van der Waals surface area contributed by atoms with Gasteiger partial charge in [-0.3, -0.25) is 0 Å². The molecular formula is C43H37N3S+2. The van der Waals surface area contributed by atoms with Crippen LogP contribution in [0.5, 0.6) is 0 Å². The zero-order valence-electron chi connectivity index (χ0n) is 27.0. The van der Waals surface area contributed by atoms with Gasteiger partial charge in [0.1, 0.15) is 5.69 Å². The van der Waals surface area contributed by atoms with Gasteiger partial charge in [-0.25, -0.2) is 4.57 Å². The molecule has 3 nitrogen and oxygen atoms in total.